The lowest BCUT2D eigenvalue weighted by Gasteiger charge is -2.33. The molecule has 32 heavy (non-hydrogen) atoms. The summed E-state index contributed by atoms with van der Waals surface area (Å²) in [6, 6.07) is 10.3. The van der Waals surface area contributed by atoms with Crippen LogP contribution in [0.1, 0.15) is 0 Å². The number of aromatic nitrogens is 2. The van der Waals surface area contributed by atoms with Crippen LogP contribution in [0.4, 0.5) is 8.78 Å². The van der Waals surface area contributed by atoms with Crippen LogP contribution in [0.3, 0.4) is 0 Å². The molecule has 1 aliphatic heterocycles. The molecule has 1 aliphatic rings. The number of carbonyl (C=O) groups excluding carboxylic acids is 1. The van der Waals surface area contributed by atoms with E-state index in [0.717, 1.165) is 15.1 Å². The van der Waals surface area contributed by atoms with Crippen molar-refractivity contribution in [1.29, 1.82) is 0 Å². The van der Waals surface area contributed by atoms with Crippen molar-refractivity contribution >= 4 is 15.9 Å². The van der Waals surface area contributed by atoms with Gasteiger partial charge < -0.3 is 9.32 Å². The lowest BCUT2D eigenvalue weighted by Crippen LogP contribution is -2.51. The number of carbonyl (C=O) groups is 1. The van der Waals surface area contributed by atoms with Crippen molar-refractivity contribution in [3.63, 3.8) is 0 Å². The van der Waals surface area contributed by atoms with Gasteiger partial charge in [-0.05, 0) is 36.4 Å². The van der Waals surface area contributed by atoms with Gasteiger partial charge in [-0.15, -0.1) is 5.10 Å². The van der Waals surface area contributed by atoms with Gasteiger partial charge in [-0.1, -0.05) is 12.1 Å². The first-order valence-electron chi connectivity index (χ1n) is 9.62. The van der Waals surface area contributed by atoms with E-state index in [0.29, 0.717) is 5.56 Å². The zero-order chi connectivity index (χ0) is 22.9. The number of halogens is 2. The predicted molar refractivity (Wildman–Crippen MR) is 108 cm³/mol. The smallest absolute Gasteiger partial charge is 0.388 e. The molecule has 3 aromatic rings. The minimum atomic E-state index is -4.03. The maximum atomic E-state index is 13.9. The van der Waals surface area contributed by atoms with Crippen LogP contribution in [0.25, 0.3) is 11.5 Å². The van der Waals surface area contributed by atoms with Crippen molar-refractivity contribution in [2.75, 3.05) is 26.2 Å². The molecule has 9 nitrogen and oxygen atoms in total. The number of rotatable bonds is 5. The second-order valence-corrected chi connectivity index (χ2v) is 8.96. The van der Waals surface area contributed by atoms with Gasteiger partial charge in [0.25, 0.3) is 0 Å². The molecule has 0 spiro atoms. The monoisotopic (exact) mass is 464 g/mol. The molecule has 1 aromatic heterocycles. The third-order valence-corrected chi connectivity index (χ3v) is 6.96. The van der Waals surface area contributed by atoms with Gasteiger partial charge in [-0.3, -0.25) is 4.79 Å². The van der Waals surface area contributed by atoms with Gasteiger partial charge >= 0.3 is 5.76 Å². The van der Waals surface area contributed by atoms with Crippen LogP contribution in [0.15, 0.2) is 62.6 Å². The van der Waals surface area contributed by atoms with Gasteiger partial charge in [0.15, 0.2) is 0 Å². The predicted octanol–water partition coefficient (Wildman–Crippen LogP) is 1.31. The average molecular weight is 464 g/mol. The first-order chi connectivity index (χ1) is 15.3. The Bertz CT molecular complexity index is 1300. The van der Waals surface area contributed by atoms with Crippen molar-refractivity contribution in [1.82, 2.24) is 19.0 Å². The van der Waals surface area contributed by atoms with Crippen molar-refractivity contribution in [3.05, 3.63) is 70.7 Å². The summed E-state index contributed by atoms with van der Waals surface area (Å²) in [4.78, 5) is 25.6. The minimum absolute atomic E-state index is 0.0169. The third-order valence-electron chi connectivity index (χ3n) is 5.03. The average Bonchev–Trinajstić information content (AvgIpc) is 3.14. The lowest BCUT2D eigenvalue weighted by molar-refractivity contribution is -0.133. The maximum absolute atomic E-state index is 13.9. The number of nitrogens with zero attached hydrogens (tertiary/aromatic N) is 4. The molecule has 1 saturated heterocycles. The number of benzene rings is 2. The number of hydrogen-bond acceptors (Lipinski definition) is 6. The highest BCUT2D eigenvalue weighted by Crippen LogP contribution is 2.20. The highest BCUT2D eigenvalue weighted by Gasteiger charge is 2.32. The maximum Gasteiger partial charge on any atom is 0.437 e. The molecular formula is C20H18F2N4O5S. The Kier molecular flexibility index (Phi) is 5.89. The van der Waals surface area contributed by atoms with Crippen LogP contribution in [0.5, 0.6) is 0 Å². The molecule has 1 amide bonds. The Morgan fingerprint density at radius 2 is 1.66 bits per heavy atom. The molecule has 0 N–H and O–H groups in total. The van der Waals surface area contributed by atoms with Crippen LogP contribution in [0.2, 0.25) is 0 Å². The van der Waals surface area contributed by atoms with E-state index in [1.807, 2.05) is 0 Å². The fraction of sp³-hybridized carbons (Fsp3) is 0.250. The van der Waals surface area contributed by atoms with E-state index in [4.69, 9.17) is 4.42 Å². The molecule has 0 radical (unpaired) electrons. The molecule has 2 heterocycles. The van der Waals surface area contributed by atoms with Gasteiger partial charge in [0, 0.05) is 31.7 Å². The van der Waals surface area contributed by atoms with Gasteiger partial charge in [0.1, 0.15) is 23.1 Å². The fourth-order valence-corrected chi connectivity index (χ4v) is 4.80. The van der Waals surface area contributed by atoms with Crippen LogP contribution in [-0.2, 0) is 21.4 Å². The number of sulfonamides is 1. The Morgan fingerprint density at radius 3 is 2.31 bits per heavy atom. The highest BCUT2D eigenvalue weighted by molar-refractivity contribution is 7.89. The van der Waals surface area contributed by atoms with Crippen molar-refractivity contribution in [2.24, 2.45) is 0 Å². The summed E-state index contributed by atoms with van der Waals surface area (Å²) in [7, 11) is -4.03. The van der Waals surface area contributed by atoms with Gasteiger partial charge in [0.05, 0.1) is 0 Å². The molecule has 4 rings (SSSR count). The van der Waals surface area contributed by atoms with E-state index in [1.54, 1.807) is 0 Å². The normalized spacial score (nSPS) is 15.1. The van der Waals surface area contributed by atoms with E-state index in [-0.39, 0.29) is 32.1 Å². The molecule has 1 fully saturated rings. The number of hydrogen-bond donors (Lipinski definition) is 0. The largest absolute Gasteiger partial charge is 0.437 e. The summed E-state index contributed by atoms with van der Waals surface area (Å²) in [5.41, 5.74) is 0.377. The van der Waals surface area contributed by atoms with Crippen molar-refractivity contribution in [2.45, 2.75) is 11.4 Å². The van der Waals surface area contributed by atoms with Gasteiger partial charge in [0.2, 0.25) is 21.8 Å². The van der Waals surface area contributed by atoms with E-state index >= 15 is 0 Å². The fourth-order valence-electron chi connectivity index (χ4n) is 3.31. The molecule has 0 aliphatic carbocycles. The quantitative estimate of drug-likeness (QED) is 0.564. The van der Waals surface area contributed by atoms with Crippen LogP contribution in [-0.4, -0.2) is 59.5 Å². The Hall–Kier alpha value is -3.38. The summed E-state index contributed by atoms with van der Waals surface area (Å²) >= 11 is 0. The topological polar surface area (TPSA) is 106 Å². The summed E-state index contributed by atoms with van der Waals surface area (Å²) < 4.78 is 59.3. The second kappa shape index (κ2) is 8.63. The number of piperazine rings is 1. The first kappa shape index (κ1) is 21.8. The molecule has 0 bridgehead atoms. The van der Waals surface area contributed by atoms with Gasteiger partial charge in [-0.2, -0.15) is 8.99 Å². The first-order valence-corrected chi connectivity index (χ1v) is 11.1. The molecule has 168 valence electrons. The highest BCUT2D eigenvalue weighted by atomic mass is 32.2. The molecule has 2 aromatic carbocycles. The zero-order valence-electron chi connectivity index (χ0n) is 16.6. The molecule has 0 saturated carbocycles. The standard InChI is InChI=1S/C20H18F2N4O5S/c21-15-7-5-14(6-8-15)19-23-26(20(28)31-19)13-18(27)24-9-11-25(12-10-24)32(29,30)17-4-2-1-3-16(17)22/h1-8H,9-13H2. The van der Waals surface area contributed by atoms with E-state index < -0.39 is 44.8 Å². The van der Waals surface area contributed by atoms with Gasteiger partial charge in [-0.25, -0.2) is 22.0 Å². The summed E-state index contributed by atoms with van der Waals surface area (Å²) in [5, 5.41) is 3.97. The zero-order valence-corrected chi connectivity index (χ0v) is 17.5. The molecule has 0 unspecified atom stereocenters. The van der Waals surface area contributed by atoms with Crippen molar-refractivity contribution in [3.8, 4) is 11.5 Å². The molecular weight excluding hydrogens is 446 g/mol. The Labute approximate surface area is 181 Å². The van der Waals surface area contributed by atoms with E-state index in [9.17, 15) is 26.8 Å². The SMILES string of the molecule is O=C(Cn1nc(-c2ccc(F)cc2)oc1=O)N1CCN(S(=O)(=O)c2ccccc2F)CC1. The second-order valence-electron chi connectivity index (χ2n) is 7.05. The van der Waals surface area contributed by atoms with Crippen LogP contribution < -0.4 is 5.76 Å². The summed E-state index contributed by atoms with van der Waals surface area (Å²) in [6.45, 7) is -0.286. The molecule has 12 heteroatoms. The number of amides is 1. The van der Waals surface area contributed by atoms with Crippen LogP contribution >= 0.6 is 0 Å². The van der Waals surface area contributed by atoms with Crippen molar-refractivity contribution < 1.29 is 26.4 Å². The van der Waals surface area contributed by atoms with E-state index in [1.165, 1.54) is 47.4 Å². The third kappa shape index (κ3) is 4.32. The summed E-state index contributed by atoms with van der Waals surface area (Å²) in [6.07, 6.45) is 0. The minimum Gasteiger partial charge on any atom is -0.388 e. The Balaban J connectivity index is 1.41. The Morgan fingerprint density at radius 1 is 1.00 bits per heavy atom. The van der Waals surface area contributed by atoms with Crippen LogP contribution in [0, 0.1) is 11.6 Å². The lowest BCUT2D eigenvalue weighted by atomic mass is 10.2. The molecule has 0 atom stereocenters. The van der Waals surface area contributed by atoms with E-state index in [2.05, 4.69) is 5.10 Å². The summed E-state index contributed by atoms with van der Waals surface area (Å²) in [5.74, 6) is -2.65.